The van der Waals surface area contributed by atoms with Crippen molar-refractivity contribution < 1.29 is 14.3 Å². The van der Waals surface area contributed by atoms with Gasteiger partial charge >= 0.3 is 5.97 Å². The number of carbonyl (C=O) groups is 2. The third kappa shape index (κ3) is 4.33. The number of carbonyl (C=O) groups excluding carboxylic acids is 2. The average molecular weight is 303 g/mol. The molecule has 2 rings (SSSR count). The largest absolute Gasteiger partial charge is 0.452 e. The third-order valence-corrected chi connectivity index (χ3v) is 4.64. The lowest BCUT2D eigenvalue weighted by molar-refractivity contribution is -0.125. The Kier molecular flexibility index (Phi) is 5.58. The van der Waals surface area contributed by atoms with Crippen LogP contribution in [0.1, 0.15) is 49.0 Å². The molecule has 0 unspecified atom stereocenters. The van der Waals surface area contributed by atoms with Crippen molar-refractivity contribution in [3.05, 3.63) is 35.4 Å². The highest BCUT2D eigenvalue weighted by Crippen LogP contribution is 2.29. The van der Waals surface area contributed by atoms with Gasteiger partial charge in [0.15, 0.2) is 6.61 Å². The molecule has 22 heavy (non-hydrogen) atoms. The maximum Gasteiger partial charge on any atom is 0.338 e. The van der Waals surface area contributed by atoms with Crippen LogP contribution in [0.5, 0.6) is 0 Å². The van der Waals surface area contributed by atoms with Gasteiger partial charge in [0.05, 0.1) is 5.56 Å². The van der Waals surface area contributed by atoms with Gasteiger partial charge in [-0.05, 0) is 37.3 Å². The molecule has 1 N–H and O–H groups in total. The standard InChI is InChI=1S/C18H25NO3/c1-12-6-4-8-15(10-12)18(21)22-11-17(20)19-16-9-5-7-13(2)14(16)3/h4,6,8,10,13-14,16H,5,7,9,11H2,1-3H3,(H,19,20)/t13-,14+,16-/m0/s1. The fourth-order valence-corrected chi connectivity index (χ4v) is 3.02. The van der Waals surface area contributed by atoms with E-state index in [1.807, 2.05) is 13.0 Å². The first-order valence-electron chi connectivity index (χ1n) is 8.00. The highest BCUT2D eigenvalue weighted by atomic mass is 16.5. The molecule has 1 fully saturated rings. The maximum absolute atomic E-state index is 12.0. The second-order valence-electron chi connectivity index (χ2n) is 6.39. The minimum Gasteiger partial charge on any atom is -0.452 e. The van der Waals surface area contributed by atoms with E-state index in [4.69, 9.17) is 4.74 Å². The van der Waals surface area contributed by atoms with E-state index < -0.39 is 5.97 Å². The van der Waals surface area contributed by atoms with Crippen molar-refractivity contribution in [3.63, 3.8) is 0 Å². The maximum atomic E-state index is 12.0. The van der Waals surface area contributed by atoms with Gasteiger partial charge < -0.3 is 10.1 Å². The molecule has 1 aliphatic rings. The molecule has 1 aromatic carbocycles. The van der Waals surface area contributed by atoms with Crippen molar-refractivity contribution in [2.45, 2.75) is 46.1 Å². The SMILES string of the molecule is Cc1cccc(C(=O)OCC(=O)N[C@H]2CCC[C@H](C)[C@H]2C)c1. The molecule has 0 aliphatic heterocycles. The Hall–Kier alpha value is -1.84. The lowest BCUT2D eigenvalue weighted by Gasteiger charge is -2.34. The zero-order valence-electron chi connectivity index (χ0n) is 13.6. The smallest absolute Gasteiger partial charge is 0.338 e. The summed E-state index contributed by atoms with van der Waals surface area (Å²) in [4.78, 5) is 23.9. The summed E-state index contributed by atoms with van der Waals surface area (Å²) >= 11 is 0. The van der Waals surface area contributed by atoms with E-state index in [0.29, 0.717) is 17.4 Å². The van der Waals surface area contributed by atoms with Crippen LogP contribution in [0.3, 0.4) is 0 Å². The van der Waals surface area contributed by atoms with Crippen LogP contribution in [0.25, 0.3) is 0 Å². The van der Waals surface area contributed by atoms with Gasteiger partial charge in [-0.1, -0.05) is 44.4 Å². The summed E-state index contributed by atoms with van der Waals surface area (Å²) in [5.41, 5.74) is 1.47. The minimum absolute atomic E-state index is 0.189. The van der Waals surface area contributed by atoms with Crippen LogP contribution in [0.4, 0.5) is 0 Å². The summed E-state index contributed by atoms with van der Waals surface area (Å²) in [7, 11) is 0. The number of hydrogen-bond donors (Lipinski definition) is 1. The highest BCUT2D eigenvalue weighted by molar-refractivity contribution is 5.91. The first-order valence-corrected chi connectivity index (χ1v) is 8.00. The zero-order valence-corrected chi connectivity index (χ0v) is 13.6. The number of rotatable bonds is 4. The van der Waals surface area contributed by atoms with E-state index >= 15 is 0 Å². The van der Waals surface area contributed by atoms with Gasteiger partial charge in [0.1, 0.15) is 0 Å². The monoisotopic (exact) mass is 303 g/mol. The average Bonchev–Trinajstić information content (AvgIpc) is 2.49. The van der Waals surface area contributed by atoms with Crippen molar-refractivity contribution in [2.75, 3.05) is 6.61 Å². The third-order valence-electron chi connectivity index (χ3n) is 4.64. The molecule has 4 heteroatoms. The zero-order chi connectivity index (χ0) is 16.1. The Morgan fingerprint density at radius 3 is 2.77 bits per heavy atom. The van der Waals surface area contributed by atoms with Crippen molar-refractivity contribution in [2.24, 2.45) is 11.8 Å². The van der Waals surface area contributed by atoms with Crippen molar-refractivity contribution in [1.82, 2.24) is 5.32 Å². The molecule has 0 aromatic heterocycles. The van der Waals surface area contributed by atoms with Gasteiger partial charge in [-0.2, -0.15) is 0 Å². The molecule has 120 valence electrons. The molecule has 0 saturated heterocycles. The van der Waals surface area contributed by atoms with Crippen LogP contribution in [0.2, 0.25) is 0 Å². The van der Waals surface area contributed by atoms with E-state index in [-0.39, 0.29) is 18.6 Å². The second-order valence-corrected chi connectivity index (χ2v) is 6.39. The predicted molar refractivity (Wildman–Crippen MR) is 85.6 cm³/mol. The van der Waals surface area contributed by atoms with Crippen molar-refractivity contribution >= 4 is 11.9 Å². The molecule has 1 aliphatic carbocycles. The van der Waals surface area contributed by atoms with Crippen molar-refractivity contribution in [1.29, 1.82) is 0 Å². The Morgan fingerprint density at radius 1 is 1.27 bits per heavy atom. The molecule has 0 radical (unpaired) electrons. The van der Waals surface area contributed by atoms with Crippen LogP contribution in [0, 0.1) is 18.8 Å². The predicted octanol–water partition coefficient (Wildman–Crippen LogP) is 3.09. The van der Waals surface area contributed by atoms with Gasteiger partial charge in [0.2, 0.25) is 0 Å². The molecule has 1 saturated carbocycles. The molecular formula is C18H25NO3. The number of amides is 1. The molecular weight excluding hydrogens is 278 g/mol. The molecule has 0 heterocycles. The molecule has 0 bridgehead atoms. The van der Waals surface area contributed by atoms with E-state index in [2.05, 4.69) is 19.2 Å². The van der Waals surface area contributed by atoms with Crippen LogP contribution < -0.4 is 5.32 Å². The Balaban J connectivity index is 1.81. The van der Waals surface area contributed by atoms with Gasteiger partial charge in [-0.15, -0.1) is 0 Å². The number of benzene rings is 1. The summed E-state index contributed by atoms with van der Waals surface area (Å²) in [5.74, 6) is 0.412. The Morgan fingerprint density at radius 2 is 2.05 bits per heavy atom. The number of nitrogens with one attached hydrogen (secondary N) is 1. The minimum atomic E-state index is -0.455. The Bertz CT molecular complexity index is 541. The summed E-state index contributed by atoms with van der Waals surface area (Å²) in [6, 6.07) is 7.35. The molecule has 0 spiro atoms. The molecule has 3 atom stereocenters. The van der Waals surface area contributed by atoms with E-state index in [0.717, 1.165) is 18.4 Å². The van der Waals surface area contributed by atoms with Crippen LogP contribution in [-0.2, 0) is 9.53 Å². The summed E-state index contributed by atoms with van der Waals surface area (Å²) in [6.45, 7) is 6.09. The number of hydrogen-bond acceptors (Lipinski definition) is 3. The van der Waals surface area contributed by atoms with Crippen molar-refractivity contribution in [3.8, 4) is 0 Å². The quantitative estimate of drug-likeness (QED) is 0.870. The van der Waals surface area contributed by atoms with Gasteiger partial charge in [-0.25, -0.2) is 4.79 Å². The number of esters is 1. The number of aryl methyl sites for hydroxylation is 1. The van der Waals surface area contributed by atoms with Gasteiger partial charge in [0.25, 0.3) is 5.91 Å². The van der Waals surface area contributed by atoms with E-state index in [1.165, 1.54) is 6.42 Å². The summed E-state index contributed by atoms with van der Waals surface area (Å²) in [6.07, 6.45) is 3.36. The highest BCUT2D eigenvalue weighted by Gasteiger charge is 2.28. The normalized spacial score (nSPS) is 24.6. The Labute approximate surface area is 132 Å². The lowest BCUT2D eigenvalue weighted by Crippen LogP contribution is -2.45. The lowest BCUT2D eigenvalue weighted by atomic mass is 9.78. The van der Waals surface area contributed by atoms with E-state index in [9.17, 15) is 9.59 Å². The topological polar surface area (TPSA) is 55.4 Å². The number of ether oxygens (including phenoxy) is 1. The molecule has 1 amide bonds. The van der Waals surface area contributed by atoms with E-state index in [1.54, 1.807) is 18.2 Å². The van der Waals surface area contributed by atoms with Gasteiger partial charge in [-0.3, -0.25) is 4.79 Å². The fraction of sp³-hybridized carbons (Fsp3) is 0.556. The van der Waals surface area contributed by atoms with Crippen LogP contribution in [0.15, 0.2) is 24.3 Å². The first kappa shape index (κ1) is 16.5. The summed E-state index contributed by atoms with van der Waals surface area (Å²) < 4.78 is 5.10. The second kappa shape index (κ2) is 7.43. The summed E-state index contributed by atoms with van der Waals surface area (Å²) in [5, 5.41) is 3.00. The fourth-order valence-electron chi connectivity index (χ4n) is 3.02. The molecule has 4 nitrogen and oxygen atoms in total. The molecule has 1 aromatic rings. The first-order chi connectivity index (χ1) is 10.5. The van der Waals surface area contributed by atoms with Crippen LogP contribution in [-0.4, -0.2) is 24.5 Å². The van der Waals surface area contributed by atoms with Gasteiger partial charge in [0, 0.05) is 6.04 Å². The van der Waals surface area contributed by atoms with Crippen LogP contribution >= 0.6 is 0 Å².